The molecule has 1 aromatic carbocycles. The Morgan fingerprint density at radius 1 is 1.32 bits per heavy atom. The highest BCUT2D eigenvalue weighted by Gasteiger charge is 2.21. The van der Waals surface area contributed by atoms with Gasteiger partial charge in [-0.3, -0.25) is 4.79 Å². The predicted molar refractivity (Wildman–Crippen MR) is 73.8 cm³/mol. The summed E-state index contributed by atoms with van der Waals surface area (Å²) >= 11 is 5.92. The second-order valence-corrected chi connectivity index (χ2v) is 5.35. The van der Waals surface area contributed by atoms with E-state index in [4.69, 9.17) is 20.8 Å². The van der Waals surface area contributed by atoms with Gasteiger partial charge in [0.15, 0.2) is 5.76 Å². The molecule has 1 aromatic heterocycles. The molecule has 2 heterocycles. The van der Waals surface area contributed by atoms with Crippen LogP contribution < -0.4 is 0 Å². The van der Waals surface area contributed by atoms with Gasteiger partial charge in [0, 0.05) is 23.4 Å². The van der Waals surface area contributed by atoms with E-state index in [0.29, 0.717) is 22.8 Å². The molecule has 0 bridgehead atoms. The summed E-state index contributed by atoms with van der Waals surface area (Å²) in [7, 11) is 0. The van der Waals surface area contributed by atoms with Crippen molar-refractivity contribution in [3.8, 4) is 0 Å². The van der Waals surface area contributed by atoms with E-state index in [-0.39, 0.29) is 11.9 Å². The minimum absolute atomic E-state index is 0.000720. The number of benzene rings is 1. The van der Waals surface area contributed by atoms with Crippen LogP contribution in [0, 0.1) is 0 Å². The van der Waals surface area contributed by atoms with Crippen LogP contribution in [0.1, 0.15) is 36.2 Å². The van der Waals surface area contributed by atoms with Crippen molar-refractivity contribution in [2.75, 3.05) is 6.61 Å². The smallest absolute Gasteiger partial charge is 0.200 e. The van der Waals surface area contributed by atoms with Crippen molar-refractivity contribution in [1.29, 1.82) is 0 Å². The SMILES string of the molecule is O=C(CC1CCCCO1)c1cc2cc(Cl)ccc2o1. The van der Waals surface area contributed by atoms with Crippen molar-refractivity contribution in [3.63, 3.8) is 0 Å². The van der Waals surface area contributed by atoms with E-state index in [1.54, 1.807) is 24.3 Å². The molecular formula is C15H15ClO3. The maximum Gasteiger partial charge on any atom is 0.200 e. The highest BCUT2D eigenvalue weighted by Crippen LogP contribution is 2.25. The van der Waals surface area contributed by atoms with Gasteiger partial charge in [0.05, 0.1) is 6.10 Å². The molecule has 1 aliphatic heterocycles. The Hall–Kier alpha value is -1.32. The van der Waals surface area contributed by atoms with Crippen molar-refractivity contribution in [2.24, 2.45) is 0 Å². The van der Waals surface area contributed by atoms with Crippen LogP contribution in [-0.2, 0) is 4.74 Å². The van der Waals surface area contributed by atoms with Gasteiger partial charge in [0.25, 0.3) is 0 Å². The molecule has 0 radical (unpaired) electrons. The Bertz CT molecular complexity index is 596. The first-order valence-electron chi connectivity index (χ1n) is 6.56. The highest BCUT2D eigenvalue weighted by molar-refractivity contribution is 6.31. The normalized spacial score (nSPS) is 19.7. The monoisotopic (exact) mass is 278 g/mol. The number of furan rings is 1. The van der Waals surface area contributed by atoms with E-state index >= 15 is 0 Å². The third-order valence-corrected chi connectivity index (χ3v) is 3.68. The van der Waals surface area contributed by atoms with Gasteiger partial charge in [-0.05, 0) is 43.5 Å². The van der Waals surface area contributed by atoms with Crippen LogP contribution in [0.25, 0.3) is 11.0 Å². The van der Waals surface area contributed by atoms with Crippen LogP contribution in [0.5, 0.6) is 0 Å². The van der Waals surface area contributed by atoms with Crippen LogP contribution in [0.3, 0.4) is 0 Å². The van der Waals surface area contributed by atoms with E-state index < -0.39 is 0 Å². The van der Waals surface area contributed by atoms with E-state index in [9.17, 15) is 4.79 Å². The van der Waals surface area contributed by atoms with Crippen molar-refractivity contribution in [2.45, 2.75) is 31.8 Å². The lowest BCUT2D eigenvalue weighted by Gasteiger charge is -2.21. The Morgan fingerprint density at radius 3 is 3.00 bits per heavy atom. The lowest BCUT2D eigenvalue weighted by molar-refractivity contribution is 0.0123. The molecule has 1 fully saturated rings. The van der Waals surface area contributed by atoms with Crippen molar-refractivity contribution in [1.82, 2.24) is 0 Å². The van der Waals surface area contributed by atoms with E-state index in [1.807, 2.05) is 0 Å². The van der Waals surface area contributed by atoms with Crippen molar-refractivity contribution < 1.29 is 13.9 Å². The van der Waals surface area contributed by atoms with Crippen LogP contribution in [0.15, 0.2) is 28.7 Å². The number of rotatable bonds is 3. The molecule has 0 amide bonds. The fourth-order valence-corrected chi connectivity index (χ4v) is 2.61. The van der Waals surface area contributed by atoms with E-state index in [0.717, 1.165) is 31.3 Å². The number of ketones is 1. The molecule has 1 aliphatic rings. The first-order valence-corrected chi connectivity index (χ1v) is 6.94. The molecule has 19 heavy (non-hydrogen) atoms. The molecule has 0 saturated carbocycles. The van der Waals surface area contributed by atoms with Crippen LogP contribution >= 0.6 is 11.6 Å². The van der Waals surface area contributed by atoms with E-state index in [2.05, 4.69) is 0 Å². The zero-order valence-corrected chi connectivity index (χ0v) is 11.3. The maximum atomic E-state index is 12.2. The molecular weight excluding hydrogens is 264 g/mol. The summed E-state index contributed by atoms with van der Waals surface area (Å²) in [6.45, 7) is 0.758. The third kappa shape index (κ3) is 2.82. The van der Waals surface area contributed by atoms with Gasteiger partial charge in [-0.25, -0.2) is 0 Å². The number of carbonyl (C=O) groups excluding carboxylic acids is 1. The van der Waals surface area contributed by atoms with Crippen LogP contribution in [-0.4, -0.2) is 18.5 Å². The third-order valence-electron chi connectivity index (χ3n) is 3.44. The lowest BCUT2D eigenvalue weighted by Crippen LogP contribution is -2.22. The Balaban J connectivity index is 1.77. The van der Waals surface area contributed by atoms with Gasteiger partial charge >= 0.3 is 0 Å². The topological polar surface area (TPSA) is 39.4 Å². The summed E-state index contributed by atoms with van der Waals surface area (Å²) in [6, 6.07) is 7.10. The summed E-state index contributed by atoms with van der Waals surface area (Å²) in [5, 5.41) is 1.50. The number of hydrogen-bond acceptors (Lipinski definition) is 3. The Morgan fingerprint density at radius 2 is 2.21 bits per heavy atom. The maximum absolute atomic E-state index is 12.2. The van der Waals surface area contributed by atoms with Crippen molar-refractivity contribution >= 4 is 28.4 Å². The fraction of sp³-hybridized carbons (Fsp3) is 0.400. The molecule has 3 rings (SSSR count). The second-order valence-electron chi connectivity index (χ2n) is 4.91. The molecule has 0 aliphatic carbocycles. The number of halogens is 1. The average molecular weight is 279 g/mol. The number of ether oxygens (including phenoxy) is 1. The fourth-order valence-electron chi connectivity index (χ4n) is 2.43. The van der Waals surface area contributed by atoms with E-state index in [1.165, 1.54) is 0 Å². The summed E-state index contributed by atoms with van der Waals surface area (Å²) in [5.41, 5.74) is 0.692. The van der Waals surface area contributed by atoms with Gasteiger partial charge < -0.3 is 9.15 Å². The number of hydrogen-bond donors (Lipinski definition) is 0. The quantitative estimate of drug-likeness (QED) is 0.789. The molecule has 0 spiro atoms. The molecule has 1 atom stereocenters. The van der Waals surface area contributed by atoms with Gasteiger partial charge in [0.1, 0.15) is 5.58 Å². The highest BCUT2D eigenvalue weighted by atomic mass is 35.5. The van der Waals surface area contributed by atoms with Crippen LogP contribution in [0.4, 0.5) is 0 Å². The number of fused-ring (bicyclic) bond motifs is 1. The molecule has 0 N–H and O–H groups in total. The minimum atomic E-state index is -0.000720. The zero-order valence-electron chi connectivity index (χ0n) is 10.5. The van der Waals surface area contributed by atoms with Gasteiger partial charge in [-0.15, -0.1) is 0 Å². The number of carbonyl (C=O) groups is 1. The Labute approximate surface area is 116 Å². The molecule has 4 heteroatoms. The summed E-state index contributed by atoms with van der Waals surface area (Å²) < 4.78 is 11.1. The molecule has 2 aromatic rings. The predicted octanol–water partition coefficient (Wildman–Crippen LogP) is 4.23. The largest absolute Gasteiger partial charge is 0.453 e. The van der Waals surface area contributed by atoms with Gasteiger partial charge in [0.2, 0.25) is 5.78 Å². The summed E-state index contributed by atoms with van der Waals surface area (Å²) in [4.78, 5) is 12.2. The molecule has 100 valence electrons. The first kappa shape index (κ1) is 12.7. The summed E-state index contributed by atoms with van der Waals surface area (Å²) in [6.07, 6.45) is 3.62. The molecule has 3 nitrogen and oxygen atoms in total. The van der Waals surface area contributed by atoms with Gasteiger partial charge in [-0.1, -0.05) is 11.6 Å². The molecule has 1 saturated heterocycles. The van der Waals surface area contributed by atoms with Crippen LogP contribution in [0.2, 0.25) is 5.02 Å². The first-order chi connectivity index (χ1) is 9.22. The standard InChI is InChI=1S/C15H15ClO3/c16-11-4-5-14-10(7-11)8-15(19-14)13(17)9-12-3-1-2-6-18-12/h4-5,7-8,12H,1-3,6,9H2. The molecule has 1 unspecified atom stereocenters. The second kappa shape index (κ2) is 5.35. The minimum Gasteiger partial charge on any atom is -0.453 e. The van der Waals surface area contributed by atoms with Gasteiger partial charge in [-0.2, -0.15) is 0 Å². The average Bonchev–Trinajstić information content (AvgIpc) is 2.83. The zero-order chi connectivity index (χ0) is 13.2. The number of Topliss-reactive ketones (excluding diaryl/α,β-unsaturated/α-hetero) is 1. The Kier molecular flexibility index (Phi) is 3.58. The lowest BCUT2D eigenvalue weighted by atomic mass is 10.0. The summed E-state index contributed by atoms with van der Waals surface area (Å²) in [5.74, 6) is 0.394. The van der Waals surface area contributed by atoms with Crippen molar-refractivity contribution in [3.05, 3.63) is 35.0 Å².